The summed E-state index contributed by atoms with van der Waals surface area (Å²) in [7, 11) is 1.66. The molecule has 0 fully saturated rings. The zero-order valence-corrected chi connectivity index (χ0v) is 17.4. The van der Waals surface area contributed by atoms with Gasteiger partial charge in [0.2, 0.25) is 0 Å². The van der Waals surface area contributed by atoms with Gasteiger partial charge in [0.05, 0.1) is 16.8 Å². The van der Waals surface area contributed by atoms with Crippen LogP contribution in [0.25, 0.3) is 21.3 Å². The number of amides is 1. The standard InChI is InChI=1S/C23H19ClN2O2S/c1-28-14-13-26-20-12-11-19(24)15-21(20)29-23(26)25-22(27)18-9-7-17(8-10-18)16-5-3-2-4-6-16/h2-12,15H,13-14H2,1H3. The second-order valence-corrected chi connectivity index (χ2v) is 7.95. The molecule has 1 aromatic heterocycles. The number of methoxy groups -OCH3 is 1. The molecule has 3 aromatic carbocycles. The molecule has 4 nitrogen and oxygen atoms in total. The first-order valence-corrected chi connectivity index (χ1v) is 10.4. The van der Waals surface area contributed by atoms with Crippen molar-refractivity contribution in [3.05, 3.63) is 88.2 Å². The molecule has 0 aliphatic carbocycles. The van der Waals surface area contributed by atoms with Crippen LogP contribution in [0, 0.1) is 0 Å². The summed E-state index contributed by atoms with van der Waals surface area (Å²) >= 11 is 7.57. The monoisotopic (exact) mass is 422 g/mol. The lowest BCUT2D eigenvalue weighted by molar-refractivity contribution is 0.0997. The van der Waals surface area contributed by atoms with Crippen LogP contribution >= 0.6 is 22.9 Å². The van der Waals surface area contributed by atoms with E-state index in [1.54, 1.807) is 7.11 Å². The highest BCUT2D eigenvalue weighted by atomic mass is 35.5. The molecular formula is C23H19ClN2O2S. The van der Waals surface area contributed by atoms with E-state index in [0.29, 0.717) is 28.5 Å². The van der Waals surface area contributed by atoms with Crippen molar-refractivity contribution in [3.8, 4) is 11.1 Å². The summed E-state index contributed by atoms with van der Waals surface area (Å²) in [6.45, 7) is 1.14. The first kappa shape index (κ1) is 19.6. The maximum Gasteiger partial charge on any atom is 0.279 e. The van der Waals surface area contributed by atoms with Gasteiger partial charge < -0.3 is 9.30 Å². The largest absolute Gasteiger partial charge is 0.383 e. The molecular weight excluding hydrogens is 404 g/mol. The predicted octanol–water partition coefficient (Wildman–Crippen LogP) is 5.41. The molecule has 0 N–H and O–H groups in total. The first-order chi connectivity index (χ1) is 14.2. The zero-order chi connectivity index (χ0) is 20.2. The summed E-state index contributed by atoms with van der Waals surface area (Å²) in [5.74, 6) is -0.270. The number of carbonyl (C=O) groups is 1. The molecule has 4 aromatic rings. The fourth-order valence-electron chi connectivity index (χ4n) is 3.12. The number of fused-ring (bicyclic) bond motifs is 1. The van der Waals surface area contributed by atoms with E-state index in [1.807, 2.05) is 77.4 Å². The Morgan fingerprint density at radius 2 is 1.76 bits per heavy atom. The molecule has 0 aliphatic heterocycles. The molecule has 0 atom stereocenters. The van der Waals surface area contributed by atoms with Crippen LogP contribution in [0.4, 0.5) is 0 Å². The maximum atomic E-state index is 12.8. The molecule has 1 amide bonds. The van der Waals surface area contributed by atoms with Gasteiger partial charge in [-0.3, -0.25) is 4.79 Å². The molecule has 1 heterocycles. The van der Waals surface area contributed by atoms with Crippen molar-refractivity contribution in [1.82, 2.24) is 4.57 Å². The third-order valence-electron chi connectivity index (χ3n) is 4.60. The molecule has 0 saturated carbocycles. The Labute approximate surface area is 177 Å². The topological polar surface area (TPSA) is 43.6 Å². The van der Waals surface area contributed by atoms with Crippen molar-refractivity contribution in [2.24, 2.45) is 4.99 Å². The molecule has 0 unspecified atom stereocenters. The minimum absolute atomic E-state index is 0.270. The molecule has 0 radical (unpaired) electrons. The molecule has 146 valence electrons. The number of carbonyl (C=O) groups excluding carboxylic acids is 1. The smallest absolute Gasteiger partial charge is 0.279 e. The van der Waals surface area contributed by atoms with E-state index < -0.39 is 0 Å². The van der Waals surface area contributed by atoms with Gasteiger partial charge in [-0.1, -0.05) is 65.4 Å². The van der Waals surface area contributed by atoms with Crippen molar-refractivity contribution in [3.63, 3.8) is 0 Å². The van der Waals surface area contributed by atoms with Gasteiger partial charge in [-0.25, -0.2) is 0 Å². The Kier molecular flexibility index (Phi) is 5.90. The minimum atomic E-state index is -0.270. The van der Waals surface area contributed by atoms with Gasteiger partial charge in [0.15, 0.2) is 4.80 Å². The fraction of sp³-hybridized carbons (Fsp3) is 0.130. The Bertz CT molecular complexity index is 1210. The molecule has 0 spiro atoms. The van der Waals surface area contributed by atoms with Crippen LogP contribution in [0.3, 0.4) is 0 Å². The van der Waals surface area contributed by atoms with Crippen molar-refractivity contribution >= 4 is 39.1 Å². The molecule has 0 saturated heterocycles. The zero-order valence-electron chi connectivity index (χ0n) is 15.8. The van der Waals surface area contributed by atoms with Crippen LogP contribution in [-0.4, -0.2) is 24.2 Å². The second-order valence-electron chi connectivity index (χ2n) is 6.50. The summed E-state index contributed by atoms with van der Waals surface area (Å²) in [6.07, 6.45) is 0. The van der Waals surface area contributed by atoms with Crippen molar-refractivity contribution < 1.29 is 9.53 Å². The number of halogens is 1. The number of nitrogens with zero attached hydrogens (tertiary/aromatic N) is 2. The first-order valence-electron chi connectivity index (χ1n) is 9.18. The Morgan fingerprint density at radius 3 is 2.48 bits per heavy atom. The van der Waals surface area contributed by atoms with Crippen LogP contribution in [0.15, 0.2) is 77.8 Å². The quantitative estimate of drug-likeness (QED) is 0.431. The Morgan fingerprint density at radius 1 is 1.03 bits per heavy atom. The lowest BCUT2D eigenvalue weighted by Crippen LogP contribution is -2.19. The molecule has 29 heavy (non-hydrogen) atoms. The van der Waals surface area contributed by atoms with Crippen LogP contribution in [0.2, 0.25) is 5.02 Å². The maximum absolute atomic E-state index is 12.8. The third kappa shape index (κ3) is 4.32. The predicted molar refractivity (Wildman–Crippen MR) is 118 cm³/mol. The Hall–Kier alpha value is -2.73. The van der Waals surface area contributed by atoms with E-state index in [-0.39, 0.29) is 5.91 Å². The number of rotatable bonds is 5. The molecule has 0 bridgehead atoms. The van der Waals surface area contributed by atoms with E-state index in [2.05, 4.69) is 4.99 Å². The SMILES string of the molecule is COCCn1c(=NC(=O)c2ccc(-c3ccccc3)cc2)sc2cc(Cl)ccc21. The van der Waals surface area contributed by atoms with Crippen molar-refractivity contribution in [2.75, 3.05) is 13.7 Å². The van der Waals surface area contributed by atoms with Gasteiger partial charge >= 0.3 is 0 Å². The van der Waals surface area contributed by atoms with E-state index in [1.165, 1.54) is 11.3 Å². The molecule has 0 aliphatic rings. The van der Waals surface area contributed by atoms with Crippen molar-refractivity contribution in [1.29, 1.82) is 0 Å². The molecule has 6 heteroatoms. The summed E-state index contributed by atoms with van der Waals surface area (Å²) in [6, 6.07) is 23.3. The summed E-state index contributed by atoms with van der Waals surface area (Å²) in [4.78, 5) is 17.8. The number of hydrogen-bond acceptors (Lipinski definition) is 3. The van der Waals surface area contributed by atoms with E-state index >= 15 is 0 Å². The highest BCUT2D eigenvalue weighted by Gasteiger charge is 2.10. The summed E-state index contributed by atoms with van der Waals surface area (Å²) in [5.41, 5.74) is 3.72. The summed E-state index contributed by atoms with van der Waals surface area (Å²) < 4.78 is 8.20. The second kappa shape index (κ2) is 8.74. The number of aromatic nitrogens is 1. The van der Waals surface area contributed by atoms with Gasteiger partial charge in [0, 0.05) is 24.2 Å². The number of ether oxygens (including phenoxy) is 1. The average Bonchev–Trinajstić information content (AvgIpc) is 3.08. The number of hydrogen-bond donors (Lipinski definition) is 0. The van der Waals surface area contributed by atoms with Gasteiger partial charge in [-0.2, -0.15) is 4.99 Å². The highest BCUT2D eigenvalue weighted by molar-refractivity contribution is 7.16. The van der Waals surface area contributed by atoms with E-state index in [4.69, 9.17) is 16.3 Å². The fourth-order valence-corrected chi connectivity index (χ4v) is 4.45. The lowest BCUT2D eigenvalue weighted by Gasteiger charge is -2.04. The van der Waals surface area contributed by atoms with Gasteiger partial charge in [-0.15, -0.1) is 0 Å². The third-order valence-corrected chi connectivity index (χ3v) is 5.88. The number of benzene rings is 3. The number of thiazole rings is 1. The van der Waals surface area contributed by atoms with Gasteiger partial charge in [-0.05, 0) is 41.5 Å². The minimum Gasteiger partial charge on any atom is -0.383 e. The normalized spacial score (nSPS) is 11.9. The van der Waals surface area contributed by atoms with Crippen LogP contribution in [0.5, 0.6) is 0 Å². The van der Waals surface area contributed by atoms with Gasteiger partial charge in [0.1, 0.15) is 0 Å². The van der Waals surface area contributed by atoms with E-state index in [0.717, 1.165) is 21.3 Å². The van der Waals surface area contributed by atoms with Gasteiger partial charge in [0.25, 0.3) is 5.91 Å². The molecule has 4 rings (SSSR count). The highest BCUT2D eigenvalue weighted by Crippen LogP contribution is 2.22. The average molecular weight is 423 g/mol. The van der Waals surface area contributed by atoms with Crippen LogP contribution < -0.4 is 4.80 Å². The summed E-state index contributed by atoms with van der Waals surface area (Å²) in [5, 5.41) is 0.659. The van der Waals surface area contributed by atoms with Crippen LogP contribution in [0.1, 0.15) is 10.4 Å². The van der Waals surface area contributed by atoms with Crippen LogP contribution in [-0.2, 0) is 11.3 Å². The lowest BCUT2D eigenvalue weighted by atomic mass is 10.0. The Balaban J connectivity index is 1.70. The van der Waals surface area contributed by atoms with E-state index in [9.17, 15) is 4.79 Å². The van der Waals surface area contributed by atoms with Crippen molar-refractivity contribution in [2.45, 2.75) is 6.54 Å².